The van der Waals surface area contributed by atoms with E-state index in [-0.39, 0.29) is 0 Å². The van der Waals surface area contributed by atoms with Gasteiger partial charge in [-0.15, -0.1) is 11.3 Å². The molecule has 0 spiro atoms. The average molecular weight is 376 g/mol. The Morgan fingerprint density at radius 3 is 2.85 bits per heavy atom. The first-order chi connectivity index (χ1) is 13.3. The van der Waals surface area contributed by atoms with Gasteiger partial charge in [0.2, 0.25) is 0 Å². The molecule has 1 aliphatic heterocycles. The van der Waals surface area contributed by atoms with Crippen LogP contribution in [0.1, 0.15) is 29.5 Å². The van der Waals surface area contributed by atoms with Crippen LogP contribution in [-0.2, 0) is 6.54 Å². The number of rotatable bonds is 4. The van der Waals surface area contributed by atoms with Crippen LogP contribution in [0.25, 0.3) is 16.8 Å². The van der Waals surface area contributed by atoms with Crippen LogP contribution in [0.5, 0.6) is 0 Å². The van der Waals surface area contributed by atoms with Crippen molar-refractivity contribution in [3.8, 4) is 11.1 Å². The molecule has 6 heteroatoms. The fourth-order valence-electron chi connectivity index (χ4n) is 3.82. The highest BCUT2D eigenvalue weighted by molar-refractivity contribution is 7.09. The van der Waals surface area contributed by atoms with Crippen LogP contribution in [0, 0.1) is 0 Å². The van der Waals surface area contributed by atoms with Gasteiger partial charge < -0.3 is 0 Å². The molecule has 1 saturated heterocycles. The van der Waals surface area contributed by atoms with Gasteiger partial charge in [0.05, 0.1) is 0 Å². The van der Waals surface area contributed by atoms with Crippen molar-refractivity contribution in [3.63, 3.8) is 0 Å². The number of hydrogen-bond donors (Lipinski definition) is 0. The molecule has 0 unspecified atom stereocenters. The summed E-state index contributed by atoms with van der Waals surface area (Å²) in [4.78, 5) is 12.9. The highest BCUT2D eigenvalue weighted by Gasteiger charge is 2.25. The predicted molar refractivity (Wildman–Crippen MR) is 108 cm³/mol. The van der Waals surface area contributed by atoms with Gasteiger partial charge in [0.25, 0.3) is 0 Å². The van der Waals surface area contributed by atoms with Gasteiger partial charge in [-0.3, -0.25) is 9.88 Å². The molecule has 0 aromatic carbocycles. The predicted octanol–water partition coefficient (Wildman–Crippen LogP) is 4.23. The van der Waals surface area contributed by atoms with Crippen molar-refractivity contribution in [1.82, 2.24) is 24.5 Å². The van der Waals surface area contributed by atoms with Crippen molar-refractivity contribution in [2.24, 2.45) is 0 Å². The van der Waals surface area contributed by atoms with Gasteiger partial charge in [0, 0.05) is 48.0 Å². The average Bonchev–Trinajstić information content (AvgIpc) is 3.38. The molecule has 0 radical (unpaired) electrons. The molecule has 5 heterocycles. The first-order valence-corrected chi connectivity index (χ1v) is 10.2. The summed E-state index contributed by atoms with van der Waals surface area (Å²) in [5.74, 6) is 1.38. The van der Waals surface area contributed by atoms with E-state index in [1.54, 1.807) is 0 Å². The zero-order chi connectivity index (χ0) is 18.1. The second kappa shape index (κ2) is 7.21. The van der Waals surface area contributed by atoms with Gasteiger partial charge in [0.1, 0.15) is 0 Å². The van der Waals surface area contributed by atoms with E-state index in [1.807, 2.05) is 40.4 Å². The van der Waals surface area contributed by atoms with E-state index in [2.05, 4.69) is 45.7 Å². The molecule has 27 heavy (non-hydrogen) atoms. The van der Waals surface area contributed by atoms with Crippen LogP contribution in [0.15, 0.2) is 60.4 Å². The number of pyridine rings is 2. The maximum atomic E-state index is 4.82. The fourth-order valence-corrected chi connectivity index (χ4v) is 4.57. The maximum Gasteiger partial charge on any atom is 0.156 e. The van der Waals surface area contributed by atoms with Crippen LogP contribution >= 0.6 is 11.3 Å². The topological polar surface area (TPSA) is 46.3 Å². The SMILES string of the molecule is c1csc(CN2CCC[C@@H](c3nc4ccc(-c5ccncc5)cn4n3)C2)c1. The summed E-state index contributed by atoms with van der Waals surface area (Å²) in [6.45, 7) is 3.23. The summed E-state index contributed by atoms with van der Waals surface area (Å²) in [5.41, 5.74) is 3.19. The van der Waals surface area contributed by atoms with E-state index in [0.717, 1.165) is 48.7 Å². The van der Waals surface area contributed by atoms with Crippen molar-refractivity contribution >= 4 is 17.0 Å². The minimum Gasteiger partial charge on any atom is -0.298 e. The van der Waals surface area contributed by atoms with Crippen LogP contribution in [0.2, 0.25) is 0 Å². The number of piperidine rings is 1. The number of nitrogens with zero attached hydrogens (tertiary/aromatic N) is 5. The molecule has 1 aliphatic rings. The molecule has 4 aromatic heterocycles. The number of hydrogen-bond acceptors (Lipinski definition) is 5. The molecule has 0 bridgehead atoms. The fraction of sp³-hybridized carbons (Fsp3) is 0.286. The van der Waals surface area contributed by atoms with Crippen LogP contribution < -0.4 is 0 Å². The van der Waals surface area contributed by atoms with Crippen molar-refractivity contribution in [3.05, 3.63) is 71.1 Å². The Morgan fingerprint density at radius 1 is 1.07 bits per heavy atom. The largest absolute Gasteiger partial charge is 0.298 e. The normalized spacial score (nSPS) is 18.1. The smallest absolute Gasteiger partial charge is 0.156 e. The van der Waals surface area contributed by atoms with Crippen LogP contribution in [0.4, 0.5) is 0 Å². The Kier molecular flexibility index (Phi) is 4.43. The minimum absolute atomic E-state index is 0.406. The summed E-state index contributed by atoms with van der Waals surface area (Å²) in [5, 5.41) is 6.97. The molecule has 0 aliphatic carbocycles. The third-order valence-electron chi connectivity index (χ3n) is 5.19. The number of likely N-dealkylation sites (tertiary alicyclic amines) is 1. The van der Waals surface area contributed by atoms with Gasteiger partial charge in [0.15, 0.2) is 11.5 Å². The molecular formula is C21H21N5S. The Hall–Kier alpha value is -2.57. The third-order valence-corrected chi connectivity index (χ3v) is 6.05. The standard InChI is InChI=1S/C21H21N5S/c1-3-18(13-25(11-1)15-19-4-2-12-27-19)21-23-20-6-5-17(14-26(20)24-21)16-7-9-22-10-8-16/h2,4-10,12,14,18H,1,3,11,13,15H2/t18-/m1/s1. The Balaban J connectivity index is 1.38. The summed E-state index contributed by atoms with van der Waals surface area (Å²) < 4.78 is 1.92. The molecule has 5 nitrogen and oxygen atoms in total. The van der Waals surface area contributed by atoms with E-state index in [4.69, 9.17) is 10.1 Å². The molecule has 1 atom stereocenters. The van der Waals surface area contributed by atoms with Crippen LogP contribution in [0.3, 0.4) is 0 Å². The summed E-state index contributed by atoms with van der Waals surface area (Å²) in [7, 11) is 0. The summed E-state index contributed by atoms with van der Waals surface area (Å²) >= 11 is 1.84. The first kappa shape index (κ1) is 16.6. The molecule has 0 N–H and O–H groups in total. The monoisotopic (exact) mass is 375 g/mol. The number of fused-ring (bicyclic) bond motifs is 1. The van der Waals surface area contributed by atoms with Gasteiger partial charge in [-0.25, -0.2) is 9.50 Å². The maximum absolute atomic E-state index is 4.82. The minimum atomic E-state index is 0.406. The molecule has 1 fully saturated rings. The lowest BCUT2D eigenvalue weighted by atomic mass is 9.97. The lowest BCUT2D eigenvalue weighted by molar-refractivity contribution is 0.198. The highest BCUT2D eigenvalue weighted by atomic mass is 32.1. The Labute approximate surface area is 162 Å². The second-order valence-corrected chi connectivity index (χ2v) is 8.11. The third kappa shape index (κ3) is 3.50. The first-order valence-electron chi connectivity index (χ1n) is 9.36. The van der Waals surface area contributed by atoms with Crippen molar-refractivity contribution in [2.45, 2.75) is 25.3 Å². The van der Waals surface area contributed by atoms with Gasteiger partial charge >= 0.3 is 0 Å². The molecule has 4 aromatic rings. The van der Waals surface area contributed by atoms with E-state index >= 15 is 0 Å². The van der Waals surface area contributed by atoms with E-state index in [1.165, 1.54) is 11.3 Å². The zero-order valence-electron chi connectivity index (χ0n) is 15.0. The molecular weight excluding hydrogens is 354 g/mol. The van der Waals surface area contributed by atoms with Gasteiger partial charge in [-0.2, -0.15) is 5.10 Å². The van der Waals surface area contributed by atoms with Gasteiger partial charge in [-0.05, 0) is 60.7 Å². The van der Waals surface area contributed by atoms with E-state index < -0.39 is 0 Å². The number of aromatic nitrogens is 4. The van der Waals surface area contributed by atoms with Crippen molar-refractivity contribution in [1.29, 1.82) is 0 Å². The van der Waals surface area contributed by atoms with Gasteiger partial charge in [-0.1, -0.05) is 6.07 Å². The lowest BCUT2D eigenvalue weighted by Crippen LogP contribution is -2.34. The second-order valence-electron chi connectivity index (χ2n) is 7.08. The molecule has 0 amide bonds. The molecule has 0 saturated carbocycles. The summed E-state index contributed by atoms with van der Waals surface area (Å²) in [6, 6.07) is 12.5. The highest BCUT2D eigenvalue weighted by Crippen LogP contribution is 2.27. The van der Waals surface area contributed by atoms with Crippen LogP contribution in [-0.4, -0.2) is 37.6 Å². The van der Waals surface area contributed by atoms with E-state index in [9.17, 15) is 0 Å². The zero-order valence-corrected chi connectivity index (χ0v) is 15.8. The lowest BCUT2D eigenvalue weighted by Gasteiger charge is -2.30. The molecule has 136 valence electrons. The Morgan fingerprint density at radius 2 is 2.00 bits per heavy atom. The molecule has 5 rings (SSSR count). The quantitative estimate of drug-likeness (QED) is 0.535. The van der Waals surface area contributed by atoms with Crippen molar-refractivity contribution < 1.29 is 0 Å². The summed E-state index contributed by atoms with van der Waals surface area (Å²) in [6.07, 6.45) is 8.06. The van der Waals surface area contributed by atoms with Crippen molar-refractivity contribution in [2.75, 3.05) is 13.1 Å². The van der Waals surface area contributed by atoms with E-state index in [0.29, 0.717) is 5.92 Å². The number of thiophene rings is 1. The Bertz CT molecular complexity index is 1030.